The monoisotopic (exact) mass is 223 g/mol. The van der Waals surface area contributed by atoms with E-state index in [1.165, 1.54) is 0 Å². The summed E-state index contributed by atoms with van der Waals surface area (Å²) in [7, 11) is 0. The van der Waals surface area contributed by atoms with Crippen LogP contribution in [-0.4, -0.2) is 20.7 Å². The highest BCUT2D eigenvalue weighted by molar-refractivity contribution is 5.77. The average molecular weight is 223 g/mol. The first-order valence-corrected chi connectivity index (χ1v) is 5.22. The number of rotatable bonds is 2. The number of fused-ring (bicyclic) bond motifs is 1. The van der Waals surface area contributed by atoms with E-state index in [-0.39, 0.29) is 0 Å². The molecule has 4 heteroatoms. The molecule has 0 aliphatic carbocycles. The van der Waals surface area contributed by atoms with Crippen molar-refractivity contribution in [2.24, 2.45) is 0 Å². The van der Waals surface area contributed by atoms with Gasteiger partial charge in [0.2, 0.25) is 0 Å². The molecular weight excluding hydrogens is 214 g/mol. The van der Waals surface area contributed by atoms with Gasteiger partial charge in [-0.2, -0.15) is 0 Å². The van der Waals surface area contributed by atoms with E-state index in [9.17, 15) is 4.79 Å². The lowest BCUT2D eigenvalue weighted by Crippen LogP contribution is -1.97. The fourth-order valence-corrected chi connectivity index (χ4v) is 1.86. The molecule has 82 valence electrons. The lowest BCUT2D eigenvalue weighted by atomic mass is 10.2. The lowest BCUT2D eigenvalue weighted by molar-refractivity contribution is 0.111. The Kier molecular flexibility index (Phi) is 2.19. The van der Waals surface area contributed by atoms with Crippen molar-refractivity contribution in [3.05, 3.63) is 54.6 Å². The molecule has 3 aromatic rings. The van der Waals surface area contributed by atoms with E-state index in [0.29, 0.717) is 5.69 Å². The topological polar surface area (TPSA) is 47.3 Å². The van der Waals surface area contributed by atoms with Gasteiger partial charge in [0.15, 0.2) is 6.29 Å². The predicted octanol–water partition coefficient (Wildman–Crippen LogP) is 2.21. The molecule has 3 aromatic heterocycles. The molecule has 0 saturated heterocycles. The van der Waals surface area contributed by atoms with E-state index in [1.54, 1.807) is 24.7 Å². The third-order valence-electron chi connectivity index (χ3n) is 2.62. The van der Waals surface area contributed by atoms with Gasteiger partial charge in [-0.15, -0.1) is 0 Å². The van der Waals surface area contributed by atoms with Gasteiger partial charge in [-0.3, -0.25) is 14.2 Å². The van der Waals surface area contributed by atoms with Crippen molar-refractivity contribution >= 4 is 11.8 Å². The molecular formula is C13H9N3O. The van der Waals surface area contributed by atoms with E-state index in [1.807, 2.05) is 28.7 Å². The first-order chi connectivity index (χ1) is 8.40. The van der Waals surface area contributed by atoms with Crippen LogP contribution in [0.1, 0.15) is 10.5 Å². The van der Waals surface area contributed by atoms with E-state index in [4.69, 9.17) is 0 Å². The van der Waals surface area contributed by atoms with Crippen molar-refractivity contribution in [1.82, 2.24) is 14.4 Å². The van der Waals surface area contributed by atoms with Crippen LogP contribution in [0.5, 0.6) is 0 Å². The SMILES string of the molecule is O=Cc1cccc2cnc(-c3cccnc3)n12. The number of hydrogen-bond acceptors (Lipinski definition) is 3. The normalized spacial score (nSPS) is 10.6. The molecule has 3 rings (SSSR count). The van der Waals surface area contributed by atoms with Crippen LogP contribution >= 0.6 is 0 Å². The Labute approximate surface area is 97.6 Å². The second kappa shape index (κ2) is 3.83. The molecule has 17 heavy (non-hydrogen) atoms. The van der Waals surface area contributed by atoms with E-state index < -0.39 is 0 Å². The van der Waals surface area contributed by atoms with Crippen LogP contribution in [0.2, 0.25) is 0 Å². The quantitative estimate of drug-likeness (QED) is 0.626. The molecule has 0 aliphatic rings. The van der Waals surface area contributed by atoms with Crippen LogP contribution in [-0.2, 0) is 0 Å². The lowest BCUT2D eigenvalue weighted by Gasteiger charge is -2.03. The second-order valence-corrected chi connectivity index (χ2v) is 3.65. The molecule has 0 aliphatic heterocycles. The molecule has 0 bridgehead atoms. The molecule has 0 amide bonds. The van der Waals surface area contributed by atoms with E-state index >= 15 is 0 Å². The fraction of sp³-hybridized carbons (Fsp3) is 0. The highest BCUT2D eigenvalue weighted by Gasteiger charge is 2.08. The maximum Gasteiger partial charge on any atom is 0.166 e. The standard InChI is InChI=1S/C13H9N3O/c17-9-12-5-1-4-11-8-15-13(16(11)12)10-3-2-6-14-7-10/h1-9H. The van der Waals surface area contributed by atoms with E-state index in [2.05, 4.69) is 9.97 Å². The van der Waals surface area contributed by atoms with Crippen LogP contribution in [0, 0.1) is 0 Å². The maximum absolute atomic E-state index is 11.0. The number of aldehydes is 1. The zero-order valence-corrected chi connectivity index (χ0v) is 8.95. The van der Waals surface area contributed by atoms with Gasteiger partial charge in [-0.25, -0.2) is 4.98 Å². The summed E-state index contributed by atoms with van der Waals surface area (Å²) in [6, 6.07) is 9.29. The molecule has 0 aromatic carbocycles. The van der Waals surface area contributed by atoms with Gasteiger partial charge in [-0.05, 0) is 24.3 Å². The molecule has 0 spiro atoms. The fourth-order valence-electron chi connectivity index (χ4n) is 1.86. The van der Waals surface area contributed by atoms with Crippen molar-refractivity contribution in [3.63, 3.8) is 0 Å². The average Bonchev–Trinajstić information content (AvgIpc) is 2.83. The summed E-state index contributed by atoms with van der Waals surface area (Å²) in [4.78, 5) is 19.4. The minimum absolute atomic E-state index is 0.582. The summed E-state index contributed by atoms with van der Waals surface area (Å²) in [6.07, 6.45) is 6.01. The van der Waals surface area contributed by atoms with Gasteiger partial charge in [0.05, 0.1) is 17.4 Å². The smallest absolute Gasteiger partial charge is 0.166 e. The Balaban J connectivity index is 2.35. The van der Waals surface area contributed by atoms with Crippen LogP contribution in [0.3, 0.4) is 0 Å². The van der Waals surface area contributed by atoms with Gasteiger partial charge < -0.3 is 0 Å². The van der Waals surface area contributed by atoms with Gasteiger partial charge in [-0.1, -0.05) is 6.07 Å². The Morgan fingerprint density at radius 2 is 2.06 bits per heavy atom. The number of pyridine rings is 2. The molecule has 0 atom stereocenters. The van der Waals surface area contributed by atoms with Crippen molar-refractivity contribution in [3.8, 4) is 11.4 Å². The molecule has 4 nitrogen and oxygen atoms in total. The Bertz CT molecular complexity index is 673. The Hall–Kier alpha value is -2.49. The largest absolute Gasteiger partial charge is 0.296 e. The zero-order valence-electron chi connectivity index (χ0n) is 8.95. The molecule has 0 radical (unpaired) electrons. The number of aromatic nitrogens is 3. The van der Waals surface area contributed by atoms with Crippen LogP contribution < -0.4 is 0 Å². The van der Waals surface area contributed by atoms with Crippen molar-refractivity contribution in [2.75, 3.05) is 0 Å². The van der Waals surface area contributed by atoms with Crippen molar-refractivity contribution in [2.45, 2.75) is 0 Å². The first-order valence-electron chi connectivity index (χ1n) is 5.22. The molecule has 0 unspecified atom stereocenters. The van der Waals surface area contributed by atoms with Gasteiger partial charge in [0.1, 0.15) is 5.82 Å². The highest BCUT2D eigenvalue weighted by atomic mass is 16.1. The minimum Gasteiger partial charge on any atom is -0.296 e. The maximum atomic E-state index is 11.0. The van der Waals surface area contributed by atoms with Crippen molar-refractivity contribution in [1.29, 1.82) is 0 Å². The summed E-state index contributed by atoms with van der Waals surface area (Å²) in [6.45, 7) is 0. The number of nitrogens with zero attached hydrogens (tertiary/aromatic N) is 3. The van der Waals surface area contributed by atoms with Gasteiger partial charge in [0, 0.05) is 18.0 Å². The molecule has 0 N–H and O–H groups in total. The summed E-state index contributed by atoms with van der Waals surface area (Å²) in [5.74, 6) is 0.732. The third kappa shape index (κ3) is 1.50. The van der Waals surface area contributed by atoms with Crippen LogP contribution in [0.15, 0.2) is 48.9 Å². The van der Waals surface area contributed by atoms with Crippen molar-refractivity contribution < 1.29 is 4.79 Å². The number of carbonyl (C=O) groups is 1. The molecule has 3 heterocycles. The molecule has 0 fully saturated rings. The number of carbonyl (C=O) groups excluding carboxylic acids is 1. The number of hydrogen-bond donors (Lipinski definition) is 0. The van der Waals surface area contributed by atoms with Gasteiger partial charge >= 0.3 is 0 Å². The Morgan fingerprint density at radius 1 is 1.12 bits per heavy atom. The second-order valence-electron chi connectivity index (χ2n) is 3.65. The zero-order chi connectivity index (χ0) is 11.7. The predicted molar refractivity (Wildman–Crippen MR) is 63.8 cm³/mol. The minimum atomic E-state index is 0.582. The number of imidazole rings is 1. The first kappa shape index (κ1) is 9.72. The van der Waals surface area contributed by atoms with Crippen LogP contribution in [0.25, 0.3) is 16.9 Å². The highest BCUT2D eigenvalue weighted by Crippen LogP contribution is 2.19. The van der Waals surface area contributed by atoms with Gasteiger partial charge in [0.25, 0.3) is 0 Å². The van der Waals surface area contributed by atoms with E-state index in [0.717, 1.165) is 23.2 Å². The summed E-state index contributed by atoms with van der Waals surface area (Å²) < 4.78 is 1.82. The third-order valence-corrected chi connectivity index (χ3v) is 2.62. The Morgan fingerprint density at radius 3 is 2.82 bits per heavy atom. The van der Waals surface area contributed by atoms with Crippen LogP contribution in [0.4, 0.5) is 0 Å². The summed E-state index contributed by atoms with van der Waals surface area (Å²) >= 11 is 0. The molecule has 0 saturated carbocycles. The summed E-state index contributed by atoms with van der Waals surface area (Å²) in [5.41, 5.74) is 2.37. The summed E-state index contributed by atoms with van der Waals surface area (Å²) in [5, 5.41) is 0.